The van der Waals surface area contributed by atoms with Crippen LogP contribution in [0.5, 0.6) is 28.7 Å². The summed E-state index contributed by atoms with van der Waals surface area (Å²) in [5, 5.41) is 35.3. The van der Waals surface area contributed by atoms with Crippen molar-refractivity contribution in [3.05, 3.63) is 75.3 Å². The first-order valence-electron chi connectivity index (χ1n) is 11.6. The van der Waals surface area contributed by atoms with Gasteiger partial charge >= 0.3 is 11.9 Å². The minimum atomic E-state index is -0.997. The summed E-state index contributed by atoms with van der Waals surface area (Å²) in [5.74, 6) is -3.36. The average Bonchev–Trinajstić information content (AvgIpc) is 2.88. The number of methoxy groups -OCH3 is 1. The van der Waals surface area contributed by atoms with Crippen LogP contribution in [-0.2, 0) is 9.53 Å². The van der Waals surface area contributed by atoms with E-state index in [4.69, 9.17) is 9.47 Å². The first-order valence-corrected chi connectivity index (χ1v) is 11.6. The van der Waals surface area contributed by atoms with E-state index < -0.39 is 35.1 Å². The summed E-state index contributed by atoms with van der Waals surface area (Å²) < 4.78 is 15.5. The highest BCUT2D eigenvalue weighted by atomic mass is 16.5. The van der Waals surface area contributed by atoms with Gasteiger partial charge in [0.25, 0.3) is 5.91 Å². The van der Waals surface area contributed by atoms with E-state index in [9.17, 15) is 29.7 Å². The second-order valence-electron chi connectivity index (χ2n) is 8.67. The molecule has 3 rings (SSSR count). The third-order valence-corrected chi connectivity index (χ3v) is 5.79. The van der Waals surface area contributed by atoms with Gasteiger partial charge in [-0.2, -0.15) is 5.10 Å². The number of benzene rings is 3. The SMILES string of the molecule is COC(=O)c1c(C)cc(OC(=O)c2c(C)cc(O)c(/C=N/NC(=O)COc3ccc(C)cc3)c2O)c(C)c1O. The third kappa shape index (κ3) is 6.45. The highest BCUT2D eigenvalue weighted by molar-refractivity contribution is 6.01. The largest absolute Gasteiger partial charge is 0.507 e. The third-order valence-electron chi connectivity index (χ3n) is 5.79. The van der Waals surface area contributed by atoms with Gasteiger partial charge in [0.05, 0.1) is 18.9 Å². The standard InChI is InChI=1S/C28H28N2O9/c1-14-6-8-18(9-7-14)38-13-22(32)30-29-12-19-20(31)10-15(2)24(26(19)34)28(36)39-21-11-16(3)23(27(35)37-5)25(33)17(21)4/h6-12,31,33-34H,13H2,1-5H3,(H,30,32)/b29-12+. The number of nitrogens with one attached hydrogen (secondary N) is 1. The number of ether oxygens (including phenoxy) is 3. The summed E-state index contributed by atoms with van der Waals surface area (Å²) in [6.45, 7) is 6.03. The maximum Gasteiger partial charge on any atom is 0.347 e. The Hall–Kier alpha value is -5.06. The van der Waals surface area contributed by atoms with Crippen molar-refractivity contribution in [3.63, 3.8) is 0 Å². The topological polar surface area (TPSA) is 164 Å². The van der Waals surface area contributed by atoms with Crippen molar-refractivity contribution in [2.75, 3.05) is 13.7 Å². The molecule has 0 aromatic heterocycles. The lowest BCUT2D eigenvalue weighted by Gasteiger charge is -2.16. The van der Waals surface area contributed by atoms with Gasteiger partial charge in [0.1, 0.15) is 39.9 Å². The van der Waals surface area contributed by atoms with E-state index in [1.165, 1.54) is 40.0 Å². The summed E-state index contributed by atoms with van der Waals surface area (Å²) in [7, 11) is 1.17. The molecule has 0 saturated heterocycles. The van der Waals surface area contributed by atoms with E-state index >= 15 is 0 Å². The number of hydrogen-bond donors (Lipinski definition) is 4. The van der Waals surface area contributed by atoms with Crippen LogP contribution < -0.4 is 14.9 Å². The van der Waals surface area contributed by atoms with Crippen molar-refractivity contribution >= 4 is 24.1 Å². The number of carbonyl (C=O) groups is 3. The fourth-order valence-corrected chi connectivity index (χ4v) is 3.65. The number of nitrogens with zero attached hydrogens (tertiary/aromatic N) is 1. The first-order chi connectivity index (χ1) is 18.4. The van der Waals surface area contributed by atoms with Gasteiger partial charge in [-0.3, -0.25) is 4.79 Å². The number of aryl methyl sites for hydroxylation is 3. The van der Waals surface area contributed by atoms with Crippen LogP contribution in [0.25, 0.3) is 0 Å². The lowest BCUT2D eigenvalue weighted by molar-refractivity contribution is -0.123. The molecule has 0 aliphatic rings. The van der Waals surface area contributed by atoms with Gasteiger partial charge in [-0.25, -0.2) is 15.0 Å². The maximum absolute atomic E-state index is 13.0. The zero-order valence-corrected chi connectivity index (χ0v) is 22.0. The number of hydrogen-bond acceptors (Lipinski definition) is 10. The highest BCUT2D eigenvalue weighted by Gasteiger charge is 2.25. The van der Waals surface area contributed by atoms with Crippen molar-refractivity contribution in [1.82, 2.24) is 5.43 Å². The van der Waals surface area contributed by atoms with Crippen LogP contribution in [0.4, 0.5) is 0 Å². The summed E-state index contributed by atoms with van der Waals surface area (Å²) >= 11 is 0. The van der Waals surface area contributed by atoms with E-state index in [1.807, 2.05) is 19.1 Å². The predicted molar refractivity (Wildman–Crippen MR) is 141 cm³/mol. The van der Waals surface area contributed by atoms with E-state index in [0.717, 1.165) is 11.8 Å². The molecule has 0 aliphatic heterocycles. The normalized spacial score (nSPS) is 10.8. The van der Waals surface area contributed by atoms with Gasteiger partial charge in [-0.05, 0) is 63.1 Å². The summed E-state index contributed by atoms with van der Waals surface area (Å²) in [6, 6.07) is 9.69. The van der Waals surface area contributed by atoms with Crippen molar-refractivity contribution in [2.24, 2.45) is 5.10 Å². The quantitative estimate of drug-likeness (QED) is 0.146. The Labute approximate surface area is 224 Å². The molecule has 3 aromatic rings. The van der Waals surface area contributed by atoms with Crippen LogP contribution in [-0.4, -0.2) is 53.1 Å². The Kier molecular flexibility index (Phi) is 8.77. The molecule has 39 heavy (non-hydrogen) atoms. The molecule has 0 bridgehead atoms. The van der Waals surface area contributed by atoms with Crippen molar-refractivity contribution in [2.45, 2.75) is 27.7 Å². The van der Waals surface area contributed by atoms with Crippen LogP contribution in [0.2, 0.25) is 0 Å². The molecule has 0 heterocycles. The fourth-order valence-electron chi connectivity index (χ4n) is 3.65. The number of esters is 2. The Morgan fingerprint density at radius 2 is 1.51 bits per heavy atom. The Morgan fingerprint density at radius 1 is 0.897 bits per heavy atom. The summed E-state index contributed by atoms with van der Waals surface area (Å²) in [5.41, 5.74) is 3.24. The second-order valence-corrected chi connectivity index (χ2v) is 8.67. The smallest absolute Gasteiger partial charge is 0.347 e. The molecular formula is C28H28N2O9. The van der Waals surface area contributed by atoms with Gasteiger partial charge in [-0.15, -0.1) is 0 Å². The number of aromatic hydroxyl groups is 3. The average molecular weight is 537 g/mol. The molecule has 0 saturated carbocycles. The monoisotopic (exact) mass is 536 g/mol. The summed E-state index contributed by atoms with van der Waals surface area (Å²) in [6.07, 6.45) is 0.969. The first kappa shape index (κ1) is 28.5. The van der Waals surface area contributed by atoms with E-state index in [2.05, 4.69) is 15.3 Å². The molecule has 0 fully saturated rings. The van der Waals surface area contributed by atoms with Gasteiger partial charge in [0.15, 0.2) is 6.61 Å². The molecular weight excluding hydrogens is 508 g/mol. The van der Waals surface area contributed by atoms with Crippen LogP contribution in [0.15, 0.2) is 41.5 Å². The molecule has 11 heteroatoms. The van der Waals surface area contributed by atoms with E-state index in [0.29, 0.717) is 11.3 Å². The Balaban J connectivity index is 1.78. The molecule has 3 aromatic carbocycles. The number of phenolic OH excluding ortho intramolecular Hbond substituents is 3. The number of carbonyl (C=O) groups excluding carboxylic acids is 3. The van der Waals surface area contributed by atoms with Crippen LogP contribution >= 0.6 is 0 Å². The highest BCUT2D eigenvalue weighted by Crippen LogP contribution is 2.36. The van der Waals surface area contributed by atoms with Gasteiger partial charge < -0.3 is 29.5 Å². The molecule has 1 amide bonds. The van der Waals surface area contributed by atoms with Crippen molar-refractivity contribution < 1.29 is 43.9 Å². The molecule has 0 unspecified atom stereocenters. The van der Waals surface area contributed by atoms with Gasteiger partial charge in [-0.1, -0.05) is 17.7 Å². The minimum absolute atomic E-state index is 0.0504. The maximum atomic E-state index is 13.0. The lowest BCUT2D eigenvalue weighted by atomic mass is 10.0. The van der Waals surface area contributed by atoms with Crippen LogP contribution in [0.3, 0.4) is 0 Å². The molecule has 0 aliphatic carbocycles. The molecule has 4 N–H and O–H groups in total. The summed E-state index contributed by atoms with van der Waals surface area (Å²) in [4.78, 5) is 37.0. The predicted octanol–water partition coefficient (Wildman–Crippen LogP) is 3.57. The van der Waals surface area contributed by atoms with Crippen molar-refractivity contribution in [3.8, 4) is 28.7 Å². The van der Waals surface area contributed by atoms with E-state index in [-0.39, 0.29) is 40.2 Å². The van der Waals surface area contributed by atoms with Gasteiger partial charge in [0, 0.05) is 5.56 Å². The van der Waals surface area contributed by atoms with Crippen LogP contribution in [0.1, 0.15) is 48.5 Å². The van der Waals surface area contributed by atoms with Crippen LogP contribution in [0, 0.1) is 27.7 Å². The zero-order valence-electron chi connectivity index (χ0n) is 22.0. The number of rotatable bonds is 8. The molecule has 204 valence electrons. The number of amides is 1. The fraction of sp³-hybridized carbons (Fsp3) is 0.214. The van der Waals surface area contributed by atoms with Crippen molar-refractivity contribution in [1.29, 1.82) is 0 Å². The molecule has 0 atom stereocenters. The lowest BCUT2D eigenvalue weighted by Crippen LogP contribution is -2.24. The molecule has 0 spiro atoms. The van der Waals surface area contributed by atoms with E-state index in [1.54, 1.807) is 12.1 Å². The second kappa shape index (κ2) is 12.0. The molecule has 0 radical (unpaired) electrons. The Morgan fingerprint density at radius 3 is 2.15 bits per heavy atom. The molecule has 11 nitrogen and oxygen atoms in total. The zero-order chi connectivity index (χ0) is 28.9. The number of hydrazone groups is 1. The minimum Gasteiger partial charge on any atom is -0.507 e. The number of phenols is 3. The van der Waals surface area contributed by atoms with Gasteiger partial charge in [0.2, 0.25) is 0 Å². The Bertz CT molecular complexity index is 1460.